The number of likely N-dealkylation sites (tertiary alicyclic amines) is 1. The Labute approximate surface area is 121 Å². The normalized spacial score (nSPS) is 18.7. The first kappa shape index (κ1) is 15.0. The van der Waals surface area contributed by atoms with Crippen LogP contribution in [0.5, 0.6) is 0 Å². The van der Waals surface area contributed by atoms with Crippen LogP contribution in [-0.2, 0) is 4.79 Å². The zero-order valence-corrected chi connectivity index (χ0v) is 12.2. The van der Waals surface area contributed by atoms with Gasteiger partial charge in [0.1, 0.15) is 0 Å². The van der Waals surface area contributed by atoms with E-state index in [4.69, 9.17) is 5.73 Å². The van der Waals surface area contributed by atoms with E-state index in [-0.39, 0.29) is 11.8 Å². The van der Waals surface area contributed by atoms with Crippen molar-refractivity contribution in [3.8, 4) is 0 Å². The van der Waals surface area contributed by atoms with E-state index in [9.17, 15) is 4.79 Å². The summed E-state index contributed by atoms with van der Waals surface area (Å²) in [6.45, 7) is 3.37. The third kappa shape index (κ3) is 4.05. The van der Waals surface area contributed by atoms with E-state index in [0.29, 0.717) is 12.5 Å². The maximum absolute atomic E-state index is 12.3. The topological polar surface area (TPSA) is 58.4 Å². The first-order valence-corrected chi connectivity index (χ1v) is 7.42. The van der Waals surface area contributed by atoms with Crippen LogP contribution in [-0.4, -0.2) is 44.0 Å². The van der Waals surface area contributed by atoms with Crippen LogP contribution in [0.15, 0.2) is 30.3 Å². The monoisotopic (exact) mass is 275 g/mol. The summed E-state index contributed by atoms with van der Waals surface area (Å²) in [5.41, 5.74) is 6.76. The molecule has 0 radical (unpaired) electrons. The number of hydrogen-bond donors (Lipinski definition) is 2. The fourth-order valence-corrected chi connectivity index (χ4v) is 2.71. The molecule has 3 N–H and O–H groups in total. The highest BCUT2D eigenvalue weighted by Crippen LogP contribution is 2.17. The molecular formula is C16H25N3O. The lowest BCUT2D eigenvalue weighted by Gasteiger charge is -2.29. The van der Waals surface area contributed by atoms with E-state index < -0.39 is 0 Å². The third-order valence-electron chi connectivity index (χ3n) is 4.16. The Morgan fingerprint density at radius 2 is 2.00 bits per heavy atom. The summed E-state index contributed by atoms with van der Waals surface area (Å²) in [6, 6.07) is 9.78. The molecule has 2 rings (SSSR count). The van der Waals surface area contributed by atoms with Crippen molar-refractivity contribution >= 4 is 5.91 Å². The SMILES string of the molecule is CN1CCC(CNC(=O)C(CN)c2ccccc2)CC1. The Morgan fingerprint density at radius 1 is 1.35 bits per heavy atom. The van der Waals surface area contributed by atoms with E-state index in [1.807, 2.05) is 30.3 Å². The Morgan fingerprint density at radius 3 is 2.60 bits per heavy atom. The summed E-state index contributed by atoms with van der Waals surface area (Å²) in [4.78, 5) is 14.6. The third-order valence-corrected chi connectivity index (χ3v) is 4.16. The zero-order valence-electron chi connectivity index (χ0n) is 12.2. The molecule has 1 aromatic rings. The molecule has 1 fully saturated rings. The summed E-state index contributed by atoms with van der Waals surface area (Å²) in [6.07, 6.45) is 2.32. The van der Waals surface area contributed by atoms with Crippen molar-refractivity contribution in [1.29, 1.82) is 0 Å². The molecule has 0 aromatic heterocycles. The Bertz CT molecular complexity index is 413. The fraction of sp³-hybridized carbons (Fsp3) is 0.562. The van der Waals surface area contributed by atoms with Gasteiger partial charge in [-0.25, -0.2) is 0 Å². The summed E-state index contributed by atoms with van der Waals surface area (Å²) < 4.78 is 0. The van der Waals surface area contributed by atoms with E-state index in [2.05, 4.69) is 17.3 Å². The van der Waals surface area contributed by atoms with Crippen LogP contribution in [0.1, 0.15) is 24.3 Å². The molecule has 4 nitrogen and oxygen atoms in total. The Kier molecular flexibility index (Phi) is 5.56. The van der Waals surface area contributed by atoms with Crippen molar-refractivity contribution < 1.29 is 4.79 Å². The quantitative estimate of drug-likeness (QED) is 0.848. The number of carbonyl (C=O) groups is 1. The second kappa shape index (κ2) is 7.41. The lowest BCUT2D eigenvalue weighted by Crippen LogP contribution is -2.39. The van der Waals surface area contributed by atoms with E-state index in [1.165, 1.54) is 0 Å². The van der Waals surface area contributed by atoms with Crippen LogP contribution in [0.3, 0.4) is 0 Å². The van der Waals surface area contributed by atoms with Gasteiger partial charge in [0.25, 0.3) is 0 Å². The van der Waals surface area contributed by atoms with Crippen LogP contribution in [0.2, 0.25) is 0 Å². The number of amides is 1. The van der Waals surface area contributed by atoms with E-state index in [0.717, 1.165) is 38.0 Å². The number of carbonyl (C=O) groups excluding carboxylic acids is 1. The number of nitrogens with zero attached hydrogens (tertiary/aromatic N) is 1. The first-order chi connectivity index (χ1) is 9.70. The molecule has 4 heteroatoms. The minimum Gasteiger partial charge on any atom is -0.355 e. The molecule has 1 heterocycles. The van der Waals surface area contributed by atoms with Gasteiger partial charge in [-0.15, -0.1) is 0 Å². The van der Waals surface area contributed by atoms with Crippen molar-refractivity contribution in [2.24, 2.45) is 11.7 Å². The molecule has 1 amide bonds. The Hall–Kier alpha value is -1.39. The Balaban J connectivity index is 1.84. The van der Waals surface area contributed by atoms with Gasteiger partial charge in [-0.2, -0.15) is 0 Å². The van der Waals surface area contributed by atoms with Crippen molar-refractivity contribution in [3.63, 3.8) is 0 Å². The van der Waals surface area contributed by atoms with Gasteiger partial charge in [-0.1, -0.05) is 30.3 Å². The average Bonchev–Trinajstić information content (AvgIpc) is 2.48. The maximum Gasteiger partial charge on any atom is 0.228 e. The minimum absolute atomic E-state index is 0.0534. The molecule has 1 aromatic carbocycles. The van der Waals surface area contributed by atoms with Crippen LogP contribution < -0.4 is 11.1 Å². The summed E-state index contributed by atoms with van der Waals surface area (Å²) in [5, 5.41) is 3.08. The zero-order chi connectivity index (χ0) is 14.4. The standard InChI is InChI=1S/C16H25N3O/c1-19-9-7-13(8-10-19)12-18-16(20)15(11-17)14-5-3-2-4-6-14/h2-6,13,15H,7-12,17H2,1H3,(H,18,20). The van der Waals surface area contributed by atoms with Crippen molar-refractivity contribution in [3.05, 3.63) is 35.9 Å². The maximum atomic E-state index is 12.3. The lowest BCUT2D eigenvalue weighted by atomic mass is 9.95. The number of hydrogen-bond acceptors (Lipinski definition) is 3. The van der Waals surface area contributed by atoms with Crippen molar-refractivity contribution in [2.75, 3.05) is 33.2 Å². The lowest BCUT2D eigenvalue weighted by molar-refractivity contribution is -0.122. The molecule has 1 aliphatic rings. The summed E-state index contributed by atoms with van der Waals surface area (Å²) in [7, 11) is 2.15. The molecular weight excluding hydrogens is 250 g/mol. The first-order valence-electron chi connectivity index (χ1n) is 7.42. The molecule has 1 unspecified atom stereocenters. The van der Waals surface area contributed by atoms with Gasteiger partial charge in [0, 0.05) is 13.1 Å². The highest BCUT2D eigenvalue weighted by Gasteiger charge is 2.21. The van der Waals surface area contributed by atoms with Gasteiger partial charge in [0.05, 0.1) is 5.92 Å². The van der Waals surface area contributed by atoms with Crippen LogP contribution in [0.4, 0.5) is 0 Å². The largest absolute Gasteiger partial charge is 0.355 e. The van der Waals surface area contributed by atoms with Gasteiger partial charge in [-0.05, 0) is 44.5 Å². The fourth-order valence-electron chi connectivity index (χ4n) is 2.71. The molecule has 20 heavy (non-hydrogen) atoms. The number of nitrogens with two attached hydrogens (primary N) is 1. The molecule has 0 spiro atoms. The van der Waals surface area contributed by atoms with E-state index in [1.54, 1.807) is 0 Å². The second-order valence-corrected chi connectivity index (χ2v) is 5.69. The van der Waals surface area contributed by atoms with Gasteiger partial charge in [0.2, 0.25) is 5.91 Å². The number of piperidine rings is 1. The van der Waals surface area contributed by atoms with Crippen LogP contribution in [0, 0.1) is 5.92 Å². The molecule has 0 aliphatic carbocycles. The highest BCUT2D eigenvalue weighted by molar-refractivity contribution is 5.83. The summed E-state index contributed by atoms with van der Waals surface area (Å²) >= 11 is 0. The predicted octanol–water partition coefficient (Wildman–Crippen LogP) is 1.19. The molecule has 0 bridgehead atoms. The molecule has 110 valence electrons. The van der Waals surface area contributed by atoms with Gasteiger partial charge in [0.15, 0.2) is 0 Å². The van der Waals surface area contributed by atoms with E-state index >= 15 is 0 Å². The molecule has 1 saturated heterocycles. The molecule has 1 atom stereocenters. The number of rotatable bonds is 5. The second-order valence-electron chi connectivity index (χ2n) is 5.69. The van der Waals surface area contributed by atoms with Gasteiger partial charge >= 0.3 is 0 Å². The summed E-state index contributed by atoms with van der Waals surface area (Å²) in [5.74, 6) is 0.421. The number of nitrogens with one attached hydrogen (secondary N) is 1. The van der Waals surface area contributed by atoms with Gasteiger partial charge in [-0.3, -0.25) is 4.79 Å². The van der Waals surface area contributed by atoms with Crippen molar-refractivity contribution in [1.82, 2.24) is 10.2 Å². The predicted molar refractivity (Wildman–Crippen MR) is 81.5 cm³/mol. The van der Waals surface area contributed by atoms with Crippen molar-refractivity contribution in [2.45, 2.75) is 18.8 Å². The van der Waals surface area contributed by atoms with Crippen LogP contribution in [0.25, 0.3) is 0 Å². The smallest absolute Gasteiger partial charge is 0.228 e. The number of benzene rings is 1. The average molecular weight is 275 g/mol. The highest BCUT2D eigenvalue weighted by atomic mass is 16.1. The molecule has 0 saturated carbocycles. The van der Waals surface area contributed by atoms with Crippen LogP contribution >= 0.6 is 0 Å². The van der Waals surface area contributed by atoms with Gasteiger partial charge < -0.3 is 16.0 Å². The minimum atomic E-state index is -0.234. The molecule has 1 aliphatic heterocycles.